The Kier molecular flexibility index (Phi) is 5.98. The van der Waals surface area contributed by atoms with Crippen LogP contribution in [0.1, 0.15) is 11.1 Å². The maximum atomic E-state index is 13.5. The molecule has 1 aliphatic heterocycles. The number of fused-ring (bicyclic) bond motifs is 1. The number of amidine groups is 1. The molecule has 8 heteroatoms. The molecule has 1 saturated heterocycles. The van der Waals surface area contributed by atoms with E-state index in [0.29, 0.717) is 32.4 Å². The fraction of sp³-hybridized carbons (Fsp3) is 0.0400. The number of aromatic nitrogens is 1. The lowest BCUT2D eigenvalue weighted by Gasteiger charge is -2.06. The number of benzene rings is 3. The number of nitrogens with one attached hydrogen (secondary N) is 1. The van der Waals surface area contributed by atoms with Crippen LogP contribution in [0.15, 0.2) is 82.8 Å². The molecule has 33 heavy (non-hydrogen) atoms. The van der Waals surface area contributed by atoms with Crippen LogP contribution in [0.25, 0.3) is 17.0 Å². The average Bonchev–Trinajstić information content (AvgIpc) is 3.33. The number of carbonyl (C=O) groups is 1. The molecule has 2 heterocycles. The van der Waals surface area contributed by atoms with Crippen LogP contribution in [0.4, 0.5) is 10.1 Å². The van der Waals surface area contributed by atoms with Crippen LogP contribution in [0, 0.1) is 5.82 Å². The highest BCUT2D eigenvalue weighted by Gasteiger charge is 2.24. The van der Waals surface area contributed by atoms with Crippen molar-refractivity contribution in [3.05, 3.63) is 105 Å². The number of halogens is 3. The van der Waals surface area contributed by atoms with E-state index in [1.165, 1.54) is 23.9 Å². The summed E-state index contributed by atoms with van der Waals surface area (Å²) >= 11 is 13.2. The van der Waals surface area contributed by atoms with Gasteiger partial charge in [0.05, 0.1) is 20.6 Å². The van der Waals surface area contributed by atoms with Gasteiger partial charge in [-0.25, -0.2) is 9.38 Å². The number of carbonyl (C=O) groups excluding carboxylic acids is 1. The summed E-state index contributed by atoms with van der Waals surface area (Å²) in [5.74, 6) is -0.449. The van der Waals surface area contributed by atoms with Gasteiger partial charge in [-0.2, -0.15) is 0 Å². The molecule has 4 aromatic rings. The molecule has 0 unspecified atom stereocenters. The van der Waals surface area contributed by atoms with E-state index in [4.69, 9.17) is 23.2 Å². The summed E-state index contributed by atoms with van der Waals surface area (Å²) in [7, 11) is 0. The van der Waals surface area contributed by atoms with Crippen LogP contribution >= 0.6 is 35.0 Å². The molecule has 1 aliphatic rings. The van der Waals surface area contributed by atoms with Crippen molar-refractivity contribution in [2.24, 2.45) is 4.99 Å². The highest BCUT2D eigenvalue weighted by molar-refractivity contribution is 8.18. The fourth-order valence-corrected chi connectivity index (χ4v) is 4.72. The number of aliphatic imine (C=N–C) groups is 1. The Hall–Kier alpha value is -3.06. The second kappa shape index (κ2) is 9.06. The van der Waals surface area contributed by atoms with Gasteiger partial charge in [0.15, 0.2) is 5.17 Å². The van der Waals surface area contributed by atoms with Gasteiger partial charge in [0.1, 0.15) is 5.82 Å². The van der Waals surface area contributed by atoms with Crippen molar-refractivity contribution >= 4 is 68.7 Å². The van der Waals surface area contributed by atoms with Crippen molar-refractivity contribution in [3.63, 3.8) is 0 Å². The fourth-order valence-electron chi connectivity index (χ4n) is 3.58. The van der Waals surface area contributed by atoms with Gasteiger partial charge in [-0.1, -0.05) is 41.4 Å². The Balaban J connectivity index is 1.37. The summed E-state index contributed by atoms with van der Waals surface area (Å²) < 4.78 is 15.6. The molecular weight excluding hydrogens is 480 g/mol. The summed E-state index contributed by atoms with van der Waals surface area (Å²) in [6, 6.07) is 19.6. The predicted molar refractivity (Wildman–Crippen MR) is 135 cm³/mol. The van der Waals surface area contributed by atoms with Gasteiger partial charge in [0, 0.05) is 23.6 Å². The maximum absolute atomic E-state index is 13.5. The molecule has 3 aromatic carbocycles. The van der Waals surface area contributed by atoms with Crippen LogP contribution in [0.2, 0.25) is 10.0 Å². The summed E-state index contributed by atoms with van der Waals surface area (Å²) in [4.78, 5) is 17.4. The van der Waals surface area contributed by atoms with Gasteiger partial charge in [0.25, 0.3) is 5.91 Å². The summed E-state index contributed by atoms with van der Waals surface area (Å²) in [6.45, 7) is 0.578. The third-order valence-electron chi connectivity index (χ3n) is 5.12. The largest absolute Gasteiger partial charge is 0.343 e. The van der Waals surface area contributed by atoms with E-state index >= 15 is 0 Å². The van der Waals surface area contributed by atoms with Crippen molar-refractivity contribution in [1.82, 2.24) is 9.88 Å². The first-order valence-electron chi connectivity index (χ1n) is 10.0. The van der Waals surface area contributed by atoms with E-state index in [2.05, 4.69) is 14.9 Å². The Morgan fingerprint density at radius 3 is 2.73 bits per heavy atom. The summed E-state index contributed by atoms with van der Waals surface area (Å²) in [6.07, 6.45) is 3.81. The molecule has 0 atom stereocenters. The first kappa shape index (κ1) is 21.8. The van der Waals surface area contributed by atoms with Gasteiger partial charge in [-0.3, -0.25) is 4.79 Å². The number of rotatable bonds is 4. The Bertz CT molecular complexity index is 1460. The number of amides is 1. The van der Waals surface area contributed by atoms with Crippen LogP contribution in [0.3, 0.4) is 0 Å². The summed E-state index contributed by atoms with van der Waals surface area (Å²) in [5.41, 5.74) is 3.44. The number of hydrogen-bond donors (Lipinski definition) is 1. The molecule has 1 amide bonds. The van der Waals surface area contributed by atoms with E-state index < -0.39 is 0 Å². The van der Waals surface area contributed by atoms with E-state index in [1.807, 2.05) is 42.6 Å². The van der Waals surface area contributed by atoms with E-state index in [9.17, 15) is 9.18 Å². The summed E-state index contributed by atoms with van der Waals surface area (Å²) in [5, 5.41) is 5.14. The molecule has 1 N–H and O–H groups in total. The molecule has 0 radical (unpaired) electrons. The molecule has 1 aromatic heterocycles. The lowest BCUT2D eigenvalue weighted by atomic mass is 10.1. The highest BCUT2D eigenvalue weighted by Crippen LogP contribution is 2.31. The minimum Gasteiger partial charge on any atom is -0.343 e. The molecule has 0 saturated carbocycles. The quantitative estimate of drug-likeness (QED) is 0.309. The zero-order chi connectivity index (χ0) is 22.9. The molecular formula is C25H16Cl2FN3OS. The lowest BCUT2D eigenvalue weighted by Crippen LogP contribution is -2.19. The smallest absolute Gasteiger partial charge is 0.264 e. The van der Waals surface area contributed by atoms with Gasteiger partial charge in [-0.15, -0.1) is 0 Å². The zero-order valence-corrected chi connectivity index (χ0v) is 19.4. The minimum atomic E-state index is -0.243. The predicted octanol–water partition coefficient (Wildman–Crippen LogP) is 7.03. The molecule has 1 fully saturated rings. The Morgan fingerprint density at radius 2 is 1.91 bits per heavy atom. The molecule has 164 valence electrons. The third kappa shape index (κ3) is 4.83. The second-order valence-electron chi connectivity index (χ2n) is 7.47. The third-order valence-corrected chi connectivity index (χ3v) is 6.77. The van der Waals surface area contributed by atoms with Crippen molar-refractivity contribution < 1.29 is 9.18 Å². The van der Waals surface area contributed by atoms with Crippen LogP contribution < -0.4 is 5.32 Å². The maximum Gasteiger partial charge on any atom is 0.264 e. The Morgan fingerprint density at radius 1 is 1.03 bits per heavy atom. The number of hydrogen-bond acceptors (Lipinski definition) is 3. The normalized spacial score (nSPS) is 16.2. The van der Waals surface area contributed by atoms with Crippen molar-refractivity contribution in [3.8, 4) is 0 Å². The first-order chi connectivity index (χ1) is 15.9. The van der Waals surface area contributed by atoms with Crippen molar-refractivity contribution in [2.45, 2.75) is 6.54 Å². The molecule has 0 bridgehead atoms. The zero-order valence-electron chi connectivity index (χ0n) is 17.1. The highest BCUT2D eigenvalue weighted by atomic mass is 35.5. The Labute approximate surface area is 203 Å². The molecule has 0 aliphatic carbocycles. The monoisotopic (exact) mass is 495 g/mol. The SMILES string of the molecule is O=C1NC(=Nc2ccc(Cl)c(Cl)c2)S/C1=C/c1ccc2c(ccn2Cc2cccc(F)c2)c1. The average molecular weight is 496 g/mol. The van der Waals surface area contributed by atoms with Gasteiger partial charge in [0.2, 0.25) is 0 Å². The van der Waals surface area contributed by atoms with Gasteiger partial charge < -0.3 is 9.88 Å². The lowest BCUT2D eigenvalue weighted by molar-refractivity contribution is -0.115. The van der Waals surface area contributed by atoms with Crippen LogP contribution in [-0.4, -0.2) is 15.6 Å². The molecule has 5 rings (SSSR count). The van der Waals surface area contributed by atoms with Gasteiger partial charge >= 0.3 is 0 Å². The minimum absolute atomic E-state index is 0.206. The van der Waals surface area contributed by atoms with Gasteiger partial charge in [-0.05, 0) is 77.5 Å². The van der Waals surface area contributed by atoms with E-state index in [0.717, 1.165) is 22.0 Å². The second-order valence-corrected chi connectivity index (χ2v) is 9.32. The van der Waals surface area contributed by atoms with E-state index in [1.54, 1.807) is 24.3 Å². The number of thioether (sulfide) groups is 1. The van der Waals surface area contributed by atoms with E-state index in [-0.39, 0.29) is 11.7 Å². The molecule has 0 spiro atoms. The standard InChI is InChI=1S/C25H16Cl2FN3OS/c26-20-6-5-19(13-21(20)27)29-25-30-24(32)23(33-25)12-15-4-7-22-17(10-15)8-9-31(22)14-16-2-1-3-18(28)11-16/h1-13H,14H2,(H,29,30,32)/b23-12+. The van der Waals surface area contributed by atoms with Crippen LogP contribution in [-0.2, 0) is 11.3 Å². The topological polar surface area (TPSA) is 46.4 Å². The van der Waals surface area contributed by atoms with Crippen molar-refractivity contribution in [2.75, 3.05) is 0 Å². The number of nitrogens with zero attached hydrogens (tertiary/aromatic N) is 2. The molecule has 4 nitrogen and oxygen atoms in total. The van der Waals surface area contributed by atoms with Crippen molar-refractivity contribution in [1.29, 1.82) is 0 Å². The first-order valence-corrected chi connectivity index (χ1v) is 11.6. The van der Waals surface area contributed by atoms with Crippen LogP contribution in [0.5, 0.6) is 0 Å².